The number of amides is 1. The van der Waals surface area contributed by atoms with Crippen LogP contribution in [0.25, 0.3) is 0 Å². The number of carbonyl (C=O) groups is 2. The van der Waals surface area contributed by atoms with Crippen molar-refractivity contribution in [2.45, 2.75) is 49.7 Å². The lowest BCUT2D eigenvalue weighted by molar-refractivity contribution is -0.137. The summed E-state index contributed by atoms with van der Waals surface area (Å²) in [4.78, 5) is 24.3. The van der Waals surface area contributed by atoms with E-state index >= 15 is 0 Å². The van der Waals surface area contributed by atoms with Crippen LogP contribution in [0.5, 0.6) is 0 Å². The average molecular weight is 415 g/mol. The Kier molecular flexibility index (Phi) is 6.54. The van der Waals surface area contributed by atoms with Gasteiger partial charge in [0.05, 0.1) is 11.7 Å². The number of nitrogens with zero attached hydrogens (tertiary/aromatic N) is 1. The van der Waals surface area contributed by atoms with Crippen molar-refractivity contribution in [1.29, 1.82) is 0 Å². The summed E-state index contributed by atoms with van der Waals surface area (Å²) in [5.41, 5.74) is 0. The number of aliphatic carboxylic acids is 1. The van der Waals surface area contributed by atoms with Crippen LogP contribution < -0.4 is 5.32 Å². The number of carboxylic acid groups (broad SMARTS) is 1. The van der Waals surface area contributed by atoms with E-state index in [-0.39, 0.29) is 35.8 Å². The fraction of sp³-hybridized carbons (Fsp3) is 0.667. The van der Waals surface area contributed by atoms with Crippen molar-refractivity contribution >= 4 is 33.2 Å². The Morgan fingerprint density at radius 3 is 2.48 bits per heavy atom. The predicted molar refractivity (Wildman–Crippen MR) is 103 cm³/mol. The van der Waals surface area contributed by atoms with E-state index < -0.39 is 16.0 Å². The molecular formula is C18H26N2O5S2. The highest BCUT2D eigenvalue weighted by Crippen LogP contribution is 2.33. The molecule has 1 amide bonds. The van der Waals surface area contributed by atoms with Crippen LogP contribution in [0.4, 0.5) is 0 Å². The van der Waals surface area contributed by atoms with Crippen molar-refractivity contribution in [2.75, 3.05) is 19.6 Å². The third-order valence-corrected chi connectivity index (χ3v) is 8.70. The first kappa shape index (κ1) is 20.3. The van der Waals surface area contributed by atoms with E-state index in [0.29, 0.717) is 19.6 Å². The minimum atomic E-state index is -3.10. The third-order valence-electron chi connectivity index (χ3n) is 5.27. The Morgan fingerprint density at radius 1 is 1.22 bits per heavy atom. The van der Waals surface area contributed by atoms with Crippen LogP contribution in [0, 0.1) is 5.92 Å². The van der Waals surface area contributed by atoms with E-state index in [0.717, 1.165) is 30.6 Å². The molecule has 1 saturated carbocycles. The number of sulfonamides is 1. The molecule has 0 radical (unpaired) electrons. The molecule has 2 N–H and O–H groups in total. The van der Waals surface area contributed by atoms with Gasteiger partial charge in [-0.05, 0) is 43.0 Å². The molecule has 1 aromatic heterocycles. The molecule has 1 aliphatic heterocycles. The van der Waals surface area contributed by atoms with E-state index in [4.69, 9.17) is 5.11 Å². The molecule has 0 spiro atoms. The Hall–Kier alpha value is -1.45. The molecule has 27 heavy (non-hydrogen) atoms. The number of carbonyl (C=O) groups excluding carboxylic acids is 1. The van der Waals surface area contributed by atoms with Crippen LogP contribution in [0.3, 0.4) is 0 Å². The Morgan fingerprint density at radius 2 is 1.93 bits per heavy atom. The molecule has 1 saturated heterocycles. The second kappa shape index (κ2) is 8.70. The second-order valence-electron chi connectivity index (χ2n) is 7.41. The van der Waals surface area contributed by atoms with Gasteiger partial charge in [0.15, 0.2) is 0 Å². The van der Waals surface area contributed by atoms with Gasteiger partial charge >= 0.3 is 5.97 Å². The highest BCUT2D eigenvalue weighted by molar-refractivity contribution is 7.90. The molecule has 0 bridgehead atoms. The minimum absolute atomic E-state index is 0.0641. The van der Waals surface area contributed by atoms with Gasteiger partial charge in [-0.2, -0.15) is 0 Å². The maximum Gasteiger partial charge on any atom is 0.304 e. The number of nitrogens with one attached hydrogen (secondary N) is 1. The quantitative estimate of drug-likeness (QED) is 0.643. The summed E-state index contributed by atoms with van der Waals surface area (Å²) >= 11 is 1.47. The first-order chi connectivity index (χ1) is 12.9. The molecule has 0 unspecified atom stereocenters. The SMILES string of the molecule is O=C(O)C[C@@H](CC(=O)NCC1CCN(S(=O)(=O)C2CC2)CC1)c1cccs1. The van der Waals surface area contributed by atoms with Gasteiger partial charge < -0.3 is 10.4 Å². The monoisotopic (exact) mass is 414 g/mol. The van der Waals surface area contributed by atoms with Crippen molar-refractivity contribution in [1.82, 2.24) is 9.62 Å². The number of rotatable bonds is 9. The summed E-state index contributed by atoms with van der Waals surface area (Å²) in [7, 11) is -3.10. The van der Waals surface area contributed by atoms with Gasteiger partial charge in [0.25, 0.3) is 0 Å². The molecule has 2 aliphatic rings. The van der Waals surface area contributed by atoms with Crippen LogP contribution in [0.2, 0.25) is 0 Å². The number of hydrogen-bond acceptors (Lipinski definition) is 5. The van der Waals surface area contributed by atoms with Crippen molar-refractivity contribution in [3.05, 3.63) is 22.4 Å². The zero-order valence-corrected chi connectivity index (χ0v) is 16.8. The normalized spacial score (nSPS) is 20.3. The van der Waals surface area contributed by atoms with Crippen LogP contribution >= 0.6 is 11.3 Å². The highest BCUT2D eigenvalue weighted by atomic mass is 32.2. The number of thiophene rings is 1. The Labute approximate surface area is 163 Å². The molecule has 1 aromatic rings. The number of piperidine rings is 1. The minimum Gasteiger partial charge on any atom is -0.481 e. The second-order valence-corrected chi connectivity index (χ2v) is 10.6. The number of hydrogen-bond donors (Lipinski definition) is 2. The van der Waals surface area contributed by atoms with Gasteiger partial charge in [0.1, 0.15) is 0 Å². The summed E-state index contributed by atoms with van der Waals surface area (Å²) < 4.78 is 26.1. The summed E-state index contributed by atoms with van der Waals surface area (Å²) in [6.07, 6.45) is 3.14. The van der Waals surface area contributed by atoms with E-state index in [1.807, 2.05) is 17.5 Å². The Bertz CT molecular complexity index is 751. The maximum absolute atomic E-state index is 12.3. The first-order valence-corrected chi connectivity index (χ1v) is 11.8. The van der Waals surface area contributed by atoms with Crippen LogP contribution in [0.15, 0.2) is 17.5 Å². The van der Waals surface area contributed by atoms with Gasteiger partial charge in [-0.25, -0.2) is 12.7 Å². The van der Waals surface area contributed by atoms with Gasteiger partial charge in [-0.15, -0.1) is 11.3 Å². The van der Waals surface area contributed by atoms with Crippen molar-refractivity contribution < 1.29 is 23.1 Å². The number of carboxylic acids is 1. The van der Waals surface area contributed by atoms with E-state index in [1.165, 1.54) is 11.3 Å². The van der Waals surface area contributed by atoms with Crippen LogP contribution in [-0.4, -0.2) is 54.6 Å². The topological polar surface area (TPSA) is 104 Å². The van der Waals surface area contributed by atoms with E-state index in [2.05, 4.69) is 5.32 Å². The van der Waals surface area contributed by atoms with Crippen LogP contribution in [0.1, 0.15) is 49.3 Å². The van der Waals surface area contributed by atoms with E-state index in [9.17, 15) is 18.0 Å². The average Bonchev–Trinajstić information content (AvgIpc) is 3.35. The van der Waals surface area contributed by atoms with E-state index in [1.54, 1.807) is 4.31 Å². The highest BCUT2D eigenvalue weighted by Gasteiger charge is 2.41. The standard InChI is InChI=1S/C18H26N2O5S2/c21-17(10-14(11-18(22)23)16-2-1-9-26-16)19-12-13-5-7-20(8-6-13)27(24,25)15-3-4-15/h1-2,9,13-15H,3-8,10-12H2,(H,19,21)(H,22,23)/t14-/m1/s1. The predicted octanol–water partition coefficient (Wildman–Crippen LogP) is 2.02. The smallest absolute Gasteiger partial charge is 0.304 e. The van der Waals surface area contributed by atoms with Crippen molar-refractivity contribution in [3.63, 3.8) is 0 Å². The Balaban J connectivity index is 1.43. The van der Waals surface area contributed by atoms with Crippen molar-refractivity contribution in [3.8, 4) is 0 Å². The molecular weight excluding hydrogens is 388 g/mol. The molecule has 7 nitrogen and oxygen atoms in total. The lowest BCUT2D eigenvalue weighted by Crippen LogP contribution is -2.42. The zero-order chi connectivity index (χ0) is 19.4. The zero-order valence-electron chi connectivity index (χ0n) is 15.2. The molecule has 9 heteroatoms. The maximum atomic E-state index is 12.3. The third kappa shape index (κ3) is 5.52. The molecule has 150 valence electrons. The fourth-order valence-corrected chi connectivity index (χ4v) is 6.21. The molecule has 2 heterocycles. The summed E-state index contributed by atoms with van der Waals surface area (Å²) in [5.74, 6) is -1.11. The molecule has 0 aromatic carbocycles. The molecule has 2 fully saturated rings. The molecule has 3 rings (SSSR count). The summed E-state index contributed by atoms with van der Waals surface area (Å²) in [6.45, 7) is 1.56. The summed E-state index contributed by atoms with van der Waals surface area (Å²) in [5, 5.41) is 13.7. The van der Waals surface area contributed by atoms with Crippen molar-refractivity contribution in [2.24, 2.45) is 5.92 Å². The van der Waals surface area contributed by atoms with Gasteiger partial charge in [0.2, 0.25) is 15.9 Å². The fourth-order valence-electron chi connectivity index (χ4n) is 3.51. The molecule has 1 atom stereocenters. The molecule has 1 aliphatic carbocycles. The van der Waals surface area contributed by atoms with Gasteiger partial charge in [-0.1, -0.05) is 6.07 Å². The lowest BCUT2D eigenvalue weighted by Gasteiger charge is -2.31. The van der Waals surface area contributed by atoms with Gasteiger partial charge in [-0.3, -0.25) is 9.59 Å². The van der Waals surface area contributed by atoms with Crippen LogP contribution in [-0.2, 0) is 19.6 Å². The first-order valence-electron chi connectivity index (χ1n) is 9.37. The summed E-state index contributed by atoms with van der Waals surface area (Å²) in [6, 6.07) is 3.72. The lowest BCUT2D eigenvalue weighted by atomic mass is 9.97. The largest absolute Gasteiger partial charge is 0.481 e. The van der Waals surface area contributed by atoms with Gasteiger partial charge in [0, 0.05) is 36.9 Å².